The third kappa shape index (κ3) is 2.97. The molecular weight excluding hydrogens is 214 g/mol. The molecule has 1 aromatic rings. The predicted molar refractivity (Wildman–Crippen MR) is 57.7 cm³/mol. The second-order valence-electron chi connectivity index (χ2n) is 4.06. The first-order valence-corrected chi connectivity index (χ1v) is 5.49. The van der Waals surface area contributed by atoms with Gasteiger partial charge in [0.15, 0.2) is 0 Å². The number of carbonyl (C=O) groups is 1. The normalized spacial score (nSPS) is 11.5. The summed E-state index contributed by atoms with van der Waals surface area (Å²) in [6.07, 6.45) is 0. The Balaban J connectivity index is 2.86. The fraction of sp³-hybridized carbons (Fsp3) is 0.667. The van der Waals surface area contributed by atoms with E-state index >= 15 is 0 Å². The van der Waals surface area contributed by atoms with Crippen LogP contribution in [0, 0.1) is 0 Å². The molecule has 0 saturated heterocycles. The van der Waals surface area contributed by atoms with Crippen molar-refractivity contribution in [1.82, 2.24) is 15.1 Å². The fourth-order valence-electron chi connectivity index (χ4n) is 1.01. The number of nitrogens with zero attached hydrogens (tertiary/aromatic N) is 2. The largest absolute Gasteiger partial charge is 0.288 e. The maximum Gasteiger partial charge on any atom is 0.288 e. The van der Waals surface area contributed by atoms with Crippen LogP contribution in [-0.4, -0.2) is 22.1 Å². The highest BCUT2D eigenvalue weighted by Gasteiger charge is 2.26. The minimum Gasteiger partial charge on any atom is -0.274 e. The van der Waals surface area contributed by atoms with Gasteiger partial charge in [-0.25, -0.2) is 5.48 Å². The van der Waals surface area contributed by atoms with E-state index in [0.29, 0.717) is 17.2 Å². The quantitative estimate of drug-likeness (QED) is 0.798. The first kappa shape index (κ1) is 12.1. The van der Waals surface area contributed by atoms with Gasteiger partial charge in [0.1, 0.15) is 4.88 Å². The van der Waals surface area contributed by atoms with Crippen molar-refractivity contribution in [2.24, 2.45) is 0 Å². The molecule has 5 nitrogen and oxygen atoms in total. The van der Waals surface area contributed by atoms with E-state index in [0.717, 1.165) is 11.5 Å². The molecule has 1 heterocycles. The van der Waals surface area contributed by atoms with Crippen molar-refractivity contribution < 1.29 is 9.63 Å². The minimum atomic E-state index is -0.281. The molecule has 0 unspecified atom stereocenters. The van der Waals surface area contributed by atoms with Crippen LogP contribution in [0.15, 0.2) is 0 Å². The van der Waals surface area contributed by atoms with Crippen LogP contribution < -0.4 is 5.48 Å². The summed E-state index contributed by atoms with van der Waals surface area (Å²) in [7, 11) is 0. The molecule has 0 saturated carbocycles. The van der Waals surface area contributed by atoms with E-state index in [9.17, 15) is 4.79 Å². The average Bonchev–Trinajstić information content (AvgIpc) is 2.61. The molecule has 6 heteroatoms. The highest BCUT2D eigenvalue weighted by Crippen LogP contribution is 2.25. The van der Waals surface area contributed by atoms with Gasteiger partial charge in [-0.05, 0) is 18.5 Å². The highest BCUT2D eigenvalue weighted by atomic mass is 32.1. The Hall–Kier alpha value is -1.01. The van der Waals surface area contributed by atoms with Crippen molar-refractivity contribution in [3.8, 4) is 0 Å². The van der Waals surface area contributed by atoms with Gasteiger partial charge in [-0.3, -0.25) is 9.63 Å². The van der Waals surface area contributed by atoms with Gasteiger partial charge < -0.3 is 0 Å². The van der Waals surface area contributed by atoms with Crippen LogP contribution in [0.4, 0.5) is 0 Å². The number of carbonyl (C=O) groups excluding carboxylic acids is 1. The summed E-state index contributed by atoms with van der Waals surface area (Å²) >= 11 is 1.08. The monoisotopic (exact) mass is 229 g/mol. The molecule has 0 atom stereocenters. The smallest absolute Gasteiger partial charge is 0.274 e. The molecule has 84 valence electrons. The van der Waals surface area contributed by atoms with Gasteiger partial charge in [0.05, 0.1) is 12.3 Å². The van der Waals surface area contributed by atoms with Crippen molar-refractivity contribution >= 4 is 17.4 Å². The number of hydroxylamine groups is 1. The van der Waals surface area contributed by atoms with Crippen molar-refractivity contribution in [2.75, 3.05) is 6.61 Å². The lowest BCUT2D eigenvalue weighted by atomic mass is 9.91. The Kier molecular flexibility index (Phi) is 3.76. The Bertz CT molecular complexity index is 343. The van der Waals surface area contributed by atoms with Crippen LogP contribution >= 0.6 is 11.5 Å². The average molecular weight is 229 g/mol. The van der Waals surface area contributed by atoms with E-state index in [1.54, 1.807) is 6.92 Å². The van der Waals surface area contributed by atoms with Gasteiger partial charge in [-0.2, -0.15) is 0 Å². The van der Waals surface area contributed by atoms with Crippen molar-refractivity contribution in [2.45, 2.75) is 33.1 Å². The van der Waals surface area contributed by atoms with Gasteiger partial charge in [-0.1, -0.05) is 25.3 Å². The van der Waals surface area contributed by atoms with Crippen molar-refractivity contribution in [1.29, 1.82) is 0 Å². The molecule has 15 heavy (non-hydrogen) atoms. The molecule has 1 rings (SSSR count). The summed E-state index contributed by atoms with van der Waals surface area (Å²) in [4.78, 5) is 17.0. The summed E-state index contributed by atoms with van der Waals surface area (Å²) < 4.78 is 3.79. The zero-order chi connectivity index (χ0) is 11.5. The van der Waals surface area contributed by atoms with Crippen molar-refractivity contribution in [3.05, 3.63) is 10.6 Å². The van der Waals surface area contributed by atoms with E-state index in [1.807, 2.05) is 20.8 Å². The first-order chi connectivity index (χ1) is 6.96. The van der Waals surface area contributed by atoms with Crippen LogP contribution in [0.1, 0.15) is 43.1 Å². The summed E-state index contributed by atoms with van der Waals surface area (Å²) in [5.74, 6) is -0.281. The molecule has 0 aliphatic heterocycles. The third-order valence-electron chi connectivity index (χ3n) is 1.71. The number of nitrogens with one attached hydrogen (secondary N) is 1. The molecule has 0 bridgehead atoms. The van der Waals surface area contributed by atoms with E-state index in [4.69, 9.17) is 4.84 Å². The molecule has 0 aromatic carbocycles. The molecule has 0 spiro atoms. The van der Waals surface area contributed by atoms with Gasteiger partial charge in [0.2, 0.25) is 0 Å². The summed E-state index contributed by atoms with van der Waals surface area (Å²) in [6.45, 7) is 8.20. The Labute approximate surface area is 93.0 Å². The van der Waals surface area contributed by atoms with Crippen LogP contribution in [0.2, 0.25) is 0 Å². The number of hydrogen-bond donors (Lipinski definition) is 1. The number of amides is 1. The minimum absolute atomic E-state index is 0.189. The second kappa shape index (κ2) is 4.67. The van der Waals surface area contributed by atoms with Gasteiger partial charge >= 0.3 is 0 Å². The molecule has 1 N–H and O–H groups in total. The van der Waals surface area contributed by atoms with E-state index < -0.39 is 0 Å². The molecule has 0 fully saturated rings. The van der Waals surface area contributed by atoms with E-state index in [2.05, 4.69) is 15.1 Å². The Morgan fingerprint density at radius 1 is 1.53 bits per heavy atom. The van der Waals surface area contributed by atoms with Gasteiger partial charge in [-0.15, -0.1) is 5.10 Å². The van der Waals surface area contributed by atoms with E-state index in [-0.39, 0.29) is 11.3 Å². The maximum atomic E-state index is 11.6. The van der Waals surface area contributed by atoms with Crippen LogP contribution in [-0.2, 0) is 10.3 Å². The van der Waals surface area contributed by atoms with Crippen molar-refractivity contribution in [3.63, 3.8) is 0 Å². The summed E-state index contributed by atoms with van der Waals surface area (Å²) in [6, 6.07) is 0. The maximum absolute atomic E-state index is 11.6. The zero-order valence-corrected chi connectivity index (χ0v) is 10.1. The number of hydrogen-bond acceptors (Lipinski definition) is 5. The fourth-order valence-corrected chi connectivity index (χ4v) is 1.78. The molecular formula is C9H15N3O2S. The van der Waals surface area contributed by atoms with Crippen LogP contribution in [0.25, 0.3) is 0 Å². The molecule has 0 radical (unpaired) electrons. The van der Waals surface area contributed by atoms with Crippen LogP contribution in [0.3, 0.4) is 0 Å². The zero-order valence-electron chi connectivity index (χ0n) is 9.33. The lowest BCUT2D eigenvalue weighted by molar-refractivity contribution is 0.0366. The van der Waals surface area contributed by atoms with Gasteiger partial charge in [0, 0.05) is 5.41 Å². The molecule has 0 aliphatic rings. The standard InChI is InChI=1S/C9H15N3O2S/c1-5-14-11-8(13)6-7(9(2,3)4)10-12-15-6/h5H2,1-4H3,(H,11,13). The predicted octanol–water partition coefficient (Wildman–Crippen LogP) is 1.52. The number of rotatable bonds is 3. The summed E-state index contributed by atoms with van der Waals surface area (Å²) in [5.41, 5.74) is 2.85. The topological polar surface area (TPSA) is 64.1 Å². The number of aromatic nitrogens is 2. The Morgan fingerprint density at radius 2 is 2.20 bits per heavy atom. The lowest BCUT2D eigenvalue weighted by Gasteiger charge is -2.15. The third-order valence-corrected chi connectivity index (χ3v) is 2.44. The van der Waals surface area contributed by atoms with Crippen LogP contribution in [0.5, 0.6) is 0 Å². The second-order valence-corrected chi connectivity index (χ2v) is 4.82. The first-order valence-electron chi connectivity index (χ1n) is 4.71. The SMILES string of the molecule is CCONC(=O)c1snnc1C(C)(C)C. The molecule has 0 aliphatic carbocycles. The lowest BCUT2D eigenvalue weighted by Crippen LogP contribution is -2.26. The highest BCUT2D eigenvalue weighted by molar-refractivity contribution is 7.08. The summed E-state index contributed by atoms with van der Waals surface area (Å²) in [5, 5.41) is 3.97. The molecule has 1 aromatic heterocycles. The van der Waals surface area contributed by atoms with Gasteiger partial charge in [0.25, 0.3) is 5.91 Å². The van der Waals surface area contributed by atoms with E-state index in [1.165, 1.54) is 0 Å². The Morgan fingerprint density at radius 3 is 2.73 bits per heavy atom. The molecule has 1 amide bonds.